The van der Waals surface area contributed by atoms with E-state index in [1.165, 1.54) is 31.4 Å². The molecular formula is C24H19N3O5. The fraction of sp³-hybridized carbons (Fsp3) is 0.0833. The van der Waals surface area contributed by atoms with Gasteiger partial charge < -0.3 is 10.1 Å². The molecule has 1 aliphatic rings. The summed E-state index contributed by atoms with van der Waals surface area (Å²) in [4.78, 5) is 38.3. The fourth-order valence-electron chi connectivity index (χ4n) is 3.50. The Morgan fingerprint density at radius 1 is 0.906 bits per heavy atom. The number of ether oxygens (including phenoxy) is 1. The van der Waals surface area contributed by atoms with Gasteiger partial charge in [-0.2, -0.15) is 0 Å². The summed E-state index contributed by atoms with van der Waals surface area (Å²) in [6.45, 7) is 0.103. The predicted octanol–water partition coefficient (Wildman–Crippen LogP) is 4.00. The lowest BCUT2D eigenvalue weighted by Gasteiger charge is -2.16. The molecule has 8 nitrogen and oxygen atoms in total. The highest BCUT2D eigenvalue weighted by Crippen LogP contribution is 2.34. The SMILES string of the molecule is COc1ccccc1NC1=C(c2ccc([N+](=O)[O-])cc2)C(=O)N(Cc2ccccc2)C1=O. The summed E-state index contributed by atoms with van der Waals surface area (Å²) < 4.78 is 5.35. The highest BCUT2D eigenvalue weighted by atomic mass is 16.6. The molecule has 1 aliphatic heterocycles. The second-order valence-electron chi connectivity index (χ2n) is 7.06. The summed E-state index contributed by atoms with van der Waals surface area (Å²) in [5.74, 6) is -0.465. The van der Waals surface area contributed by atoms with E-state index in [-0.39, 0.29) is 23.5 Å². The molecule has 4 rings (SSSR count). The maximum Gasteiger partial charge on any atom is 0.278 e. The van der Waals surface area contributed by atoms with Crippen molar-refractivity contribution in [3.8, 4) is 5.75 Å². The van der Waals surface area contributed by atoms with Crippen molar-refractivity contribution in [1.29, 1.82) is 0 Å². The summed E-state index contributed by atoms with van der Waals surface area (Å²) in [6.07, 6.45) is 0. The number of non-ortho nitro benzene ring substituents is 1. The van der Waals surface area contributed by atoms with Crippen molar-refractivity contribution >= 4 is 28.8 Å². The van der Waals surface area contributed by atoms with E-state index in [0.29, 0.717) is 17.0 Å². The Hall–Kier alpha value is -4.46. The van der Waals surface area contributed by atoms with Crippen LogP contribution in [-0.2, 0) is 16.1 Å². The molecule has 2 amide bonds. The first-order valence-electron chi connectivity index (χ1n) is 9.79. The van der Waals surface area contributed by atoms with Gasteiger partial charge in [0.05, 0.1) is 29.8 Å². The number of amides is 2. The molecule has 0 spiro atoms. The number of benzene rings is 3. The van der Waals surface area contributed by atoms with Crippen molar-refractivity contribution < 1.29 is 19.2 Å². The van der Waals surface area contributed by atoms with Crippen LogP contribution in [0.4, 0.5) is 11.4 Å². The molecule has 0 aromatic heterocycles. The summed E-state index contributed by atoms with van der Waals surface area (Å²) in [5, 5.41) is 14.1. The molecule has 32 heavy (non-hydrogen) atoms. The molecule has 3 aromatic carbocycles. The number of hydrogen-bond acceptors (Lipinski definition) is 6. The van der Waals surface area contributed by atoms with Gasteiger partial charge in [-0.05, 0) is 35.4 Å². The van der Waals surface area contributed by atoms with Gasteiger partial charge in [0.25, 0.3) is 17.5 Å². The Morgan fingerprint density at radius 3 is 2.22 bits per heavy atom. The molecule has 0 radical (unpaired) electrons. The van der Waals surface area contributed by atoms with Crippen LogP contribution in [-0.4, -0.2) is 28.7 Å². The molecule has 1 heterocycles. The number of anilines is 1. The molecule has 0 saturated carbocycles. The minimum atomic E-state index is -0.518. The molecule has 0 aliphatic carbocycles. The number of hydrogen-bond donors (Lipinski definition) is 1. The number of para-hydroxylation sites is 2. The maximum absolute atomic E-state index is 13.3. The molecule has 160 valence electrons. The third kappa shape index (κ3) is 3.93. The van der Waals surface area contributed by atoms with E-state index in [1.807, 2.05) is 30.3 Å². The number of rotatable bonds is 7. The van der Waals surface area contributed by atoms with E-state index < -0.39 is 16.7 Å². The Bertz CT molecular complexity index is 1220. The van der Waals surface area contributed by atoms with Crippen LogP contribution in [0.25, 0.3) is 5.57 Å². The van der Waals surface area contributed by atoms with Gasteiger partial charge in [0.1, 0.15) is 11.4 Å². The second kappa shape index (κ2) is 8.73. The van der Waals surface area contributed by atoms with E-state index in [0.717, 1.165) is 10.5 Å². The van der Waals surface area contributed by atoms with Gasteiger partial charge in [-0.3, -0.25) is 24.6 Å². The number of nitrogens with zero attached hydrogens (tertiary/aromatic N) is 2. The smallest absolute Gasteiger partial charge is 0.278 e. The van der Waals surface area contributed by atoms with Gasteiger partial charge in [-0.25, -0.2) is 0 Å². The summed E-state index contributed by atoms with van der Waals surface area (Å²) in [5.41, 5.74) is 1.85. The van der Waals surface area contributed by atoms with Crippen LogP contribution in [0.15, 0.2) is 84.6 Å². The van der Waals surface area contributed by atoms with Crippen LogP contribution in [0.2, 0.25) is 0 Å². The van der Waals surface area contributed by atoms with Crippen molar-refractivity contribution in [2.24, 2.45) is 0 Å². The first-order valence-corrected chi connectivity index (χ1v) is 9.79. The number of carbonyl (C=O) groups excluding carboxylic acids is 2. The second-order valence-corrected chi connectivity index (χ2v) is 7.06. The number of nitro groups is 1. The third-order valence-corrected chi connectivity index (χ3v) is 5.08. The van der Waals surface area contributed by atoms with Gasteiger partial charge >= 0.3 is 0 Å². The van der Waals surface area contributed by atoms with Crippen LogP contribution in [0.5, 0.6) is 5.75 Å². The lowest BCUT2D eigenvalue weighted by Crippen LogP contribution is -2.32. The first-order chi connectivity index (χ1) is 15.5. The lowest BCUT2D eigenvalue weighted by atomic mass is 10.0. The monoisotopic (exact) mass is 429 g/mol. The molecule has 3 aromatic rings. The maximum atomic E-state index is 13.3. The van der Waals surface area contributed by atoms with Crippen molar-refractivity contribution in [3.63, 3.8) is 0 Å². The van der Waals surface area contributed by atoms with E-state index in [9.17, 15) is 19.7 Å². The van der Waals surface area contributed by atoms with E-state index in [2.05, 4.69) is 5.32 Å². The van der Waals surface area contributed by atoms with Gasteiger partial charge in [-0.15, -0.1) is 0 Å². The van der Waals surface area contributed by atoms with Crippen molar-refractivity contribution in [1.82, 2.24) is 4.90 Å². The minimum Gasteiger partial charge on any atom is -0.495 e. The quantitative estimate of drug-likeness (QED) is 0.346. The predicted molar refractivity (Wildman–Crippen MR) is 119 cm³/mol. The zero-order chi connectivity index (χ0) is 22.7. The Morgan fingerprint density at radius 2 is 1.56 bits per heavy atom. The van der Waals surface area contributed by atoms with Gasteiger partial charge in [0.15, 0.2) is 0 Å². The van der Waals surface area contributed by atoms with E-state index in [4.69, 9.17) is 4.74 Å². The third-order valence-electron chi connectivity index (χ3n) is 5.08. The molecule has 0 saturated heterocycles. The van der Waals surface area contributed by atoms with Crippen LogP contribution in [0.1, 0.15) is 11.1 Å². The standard InChI is InChI=1S/C24H19N3O5/c1-32-20-10-6-5-9-19(20)25-22-21(17-11-13-18(14-12-17)27(30)31)23(28)26(24(22)29)15-16-7-3-2-4-8-16/h2-14,25H,15H2,1H3. The zero-order valence-corrected chi connectivity index (χ0v) is 17.1. The average molecular weight is 429 g/mol. The highest BCUT2D eigenvalue weighted by Gasteiger charge is 2.39. The Kier molecular flexibility index (Phi) is 5.67. The number of carbonyl (C=O) groups is 2. The normalized spacial score (nSPS) is 13.5. The van der Waals surface area contributed by atoms with E-state index >= 15 is 0 Å². The number of imide groups is 1. The highest BCUT2D eigenvalue weighted by molar-refractivity contribution is 6.36. The molecule has 0 fully saturated rings. The summed E-state index contributed by atoms with van der Waals surface area (Å²) in [7, 11) is 1.51. The van der Waals surface area contributed by atoms with Gasteiger partial charge in [0, 0.05) is 12.1 Å². The molecule has 1 N–H and O–H groups in total. The minimum absolute atomic E-state index is 0.0873. The summed E-state index contributed by atoms with van der Waals surface area (Å²) >= 11 is 0. The molecule has 8 heteroatoms. The lowest BCUT2D eigenvalue weighted by molar-refractivity contribution is -0.384. The Balaban J connectivity index is 1.77. The van der Waals surface area contributed by atoms with Crippen molar-refractivity contribution in [2.75, 3.05) is 12.4 Å². The van der Waals surface area contributed by atoms with E-state index in [1.54, 1.807) is 24.3 Å². The van der Waals surface area contributed by atoms with Crippen molar-refractivity contribution in [3.05, 3.63) is 106 Å². The molecule has 0 atom stereocenters. The van der Waals surface area contributed by atoms with Crippen molar-refractivity contribution in [2.45, 2.75) is 6.54 Å². The van der Waals surface area contributed by atoms with Crippen LogP contribution < -0.4 is 10.1 Å². The summed E-state index contributed by atoms with van der Waals surface area (Å²) in [6, 6.07) is 21.8. The van der Waals surface area contributed by atoms with Crippen LogP contribution >= 0.6 is 0 Å². The average Bonchev–Trinajstić information content (AvgIpc) is 3.04. The Labute approximate surface area is 183 Å². The van der Waals surface area contributed by atoms with Crippen LogP contribution in [0.3, 0.4) is 0 Å². The molecule has 0 bridgehead atoms. The van der Waals surface area contributed by atoms with Crippen LogP contribution in [0, 0.1) is 10.1 Å². The topological polar surface area (TPSA) is 102 Å². The fourth-order valence-corrected chi connectivity index (χ4v) is 3.50. The molecule has 0 unspecified atom stereocenters. The number of nitrogens with one attached hydrogen (secondary N) is 1. The number of nitro benzene ring substituents is 1. The van der Waals surface area contributed by atoms with Gasteiger partial charge in [-0.1, -0.05) is 42.5 Å². The first kappa shape index (κ1) is 20.8. The molecular weight excluding hydrogens is 410 g/mol. The zero-order valence-electron chi connectivity index (χ0n) is 17.1. The largest absolute Gasteiger partial charge is 0.495 e. The number of methoxy groups -OCH3 is 1. The van der Waals surface area contributed by atoms with Gasteiger partial charge in [0.2, 0.25) is 0 Å².